The summed E-state index contributed by atoms with van der Waals surface area (Å²) in [4.78, 5) is 2.27. The lowest BCUT2D eigenvalue weighted by atomic mass is 9.91. The molecule has 3 heteroatoms. The topological polar surface area (TPSA) is 53.0 Å². The van der Waals surface area contributed by atoms with Gasteiger partial charge in [-0.05, 0) is 33.2 Å². The van der Waals surface area contributed by atoms with Crippen molar-refractivity contribution in [3.63, 3.8) is 0 Å². The van der Waals surface area contributed by atoms with Crippen LogP contribution in [0.25, 0.3) is 0 Å². The molecule has 1 heterocycles. The maximum absolute atomic E-state index is 8.85. The minimum absolute atomic E-state index is 0.501. The molecule has 1 aliphatic heterocycles. The van der Waals surface area contributed by atoms with E-state index in [4.69, 9.17) is 11.0 Å². The molecule has 0 aromatic rings. The Morgan fingerprint density at radius 1 is 1.58 bits per heavy atom. The van der Waals surface area contributed by atoms with Crippen LogP contribution in [0.5, 0.6) is 0 Å². The fraction of sp³-hybridized carbons (Fsp3) is 0.889. The highest BCUT2D eigenvalue weighted by molar-refractivity contribution is 5.08. The number of rotatable bonds is 1. The van der Waals surface area contributed by atoms with E-state index in [-0.39, 0.29) is 0 Å². The maximum Gasteiger partial charge on any atom is 0.117 e. The summed E-state index contributed by atoms with van der Waals surface area (Å²) in [7, 11) is 0. The zero-order valence-corrected chi connectivity index (χ0v) is 7.88. The lowest BCUT2D eigenvalue weighted by molar-refractivity contribution is 0.144. The van der Waals surface area contributed by atoms with Crippen molar-refractivity contribution in [3.8, 4) is 6.07 Å². The molecule has 1 fully saturated rings. The number of nitriles is 1. The van der Waals surface area contributed by atoms with Gasteiger partial charge in [-0.15, -0.1) is 0 Å². The lowest BCUT2D eigenvalue weighted by Crippen LogP contribution is -2.54. The third kappa shape index (κ3) is 1.96. The van der Waals surface area contributed by atoms with Gasteiger partial charge in [0.1, 0.15) is 5.54 Å². The average molecular weight is 167 g/mol. The van der Waals surface area contributed by atoms with E-state index in [1.807, 2.05) is 0 Å². The molecule has 0 amide bonds. The molecule has 2 N–H and O–H groups in total. The van der Waals surface area contributed by atoms with Crippen molar-refractivity contribution in [2.45, 2.75) is 38.3 Å². The van der Waals surface area contributed by atoms with Crippen LogP contribution in [0.1, 0.15) is 26.7 Å². The molecule has 1 aliphatic rings. The fourth-order valence-corrected chi connectivity index (χ4v) is 1.65. The Bertz CT molecular complexity index is 194. The van der Waals surface area contributed by atoms with Gasteiger partial charge in [-0.3, -0.25) is 4.90 Å². The smallest absolute Gasteiger partial charge is 0.117 e. The second-order valence-corrected chi connectivity index (χ2v) is 3.94. The molecular weight excluding hydrogens is 150 g/mol. The summed E-state index contributed by atoms with van der Waals surface area (Å²) >= 11 is 0. The summed E-state index contributed by atoms with van der Waals surface area (Å²) in [5.41, 5.74) is 5.29. The second kappa shape index (κ2) is 3.42. The van der Waals surface area contributed by atoms with Gasteiger partial charge in [0, 0.05) is 12.6 Å². The van der Waals surface area contributed by atoms with E-state index in [2.05, 4.69) is 24.8 Å². The van der Waals surface area contributed by atoms with Gasteiger partial charge in [0.2, 0.25) is 0 Å². The first kappa shape index (κ1) is 9.50. The zero-order valence-electron chi connectivity index (χ0n) is 7.88. The first-order valence-electron chi connectivity index (χ1n) is 4.51. The highest BCUT2D eigenvalue weighted by atomic mass is 15.2. The van der Waals surface area contributed by atoms with Crippen LogP contribution in [-0.2, 0) is 0 Å². The standard InChI is InChI=1S/C9H17N3/c1-8(2)12-5-3-4-9(11,6-10)7-12/h8H,3-5,7,11H2,1-2H3. The molecular formula is C9H17N3. The van der Waals surface area contributed by atoms with Gasteiger partial charge in [0.15, 0.2) is 0 Å². The normalized spacial score (nSPS) is 31.9. The molecule has 0 saturated carbocycles. The third-order valence-corrected chi connectivity index (χ3v) is 2.51. The van der Waals surface area contributed by atoms with E-state index in [9.17, 15) is 0 Å². The van der Waals surface area contributed by atoms with Crippen molar-refractivity contribution < 1.29 is 0 Å². The minimum Gasteiger partial charge on any atom is -0.312 e. The van der Waals surface area contributed by atoms with Crippen LogP contribution in [0.15, 0.2) is 0 Å². The van der Waals surface area contributed by atoms with E-state index in [1.54, 1.807) is 0 Å². The molecule has 1 saturated heterocycles. The molecule has 0 spiro atoms. The van der Waals surface area contributed by atoms with Crippen molar-refractivity contribution in [3.05, 3.63) is 0 Å². The monoisotopic (exact) mass is 167 g/mol. The van der Waals surface area contributed by atoms with Crippen LogP contribution in [-0.4, -0.2) is 29.6 Å². The predicted molar refractivity (Wildman–Crippen MR) is 48.5 cm³/mol. The molecule has 0 bridgehead atoms. The van der Waals surface area contributed by atoms with E-state index in [0.717, 1.165) is 25.9 Å². The van der Waals surface area contributed by atoms with Crippen LogP contribution in [0, 0.1) is 11.3 Å². The number of hydrogen-bond acceptors (Lipinski definition) is 3. The van der Waals surface area contributed by atoms with Crippen molar-refractivity contribution in [1.82, 2.24) is 4.90 Å². The number of piperidine rings is 1. The number of hydrogen-bond donors (Lipinski definition) is 1. The van der Waals surface area contributed by atoms with Gasteiger partial charge < -0.3 is 5.73 Å². The zero-order chi connectivity index (χ0) is 9.19. The Balaban J connectivity index is 2.58. The fourth-order valence-electron chi connectivity index (χ4n) is 1.65. The van der Waals surface area contributed by atoms with Gasteiger partial charge in [-0.1, -0.05) is 0 Å². The minimum atomic E-state index is -0.595. The third-order valence-electron chi connectivity index (χ3n) is 2.51. The Labute approximate surface area is 74.1 Å². The molecule has 1 unspecified atom stereocenters. The molecule has 1 atom stereocenters. The first-order chi connectivity index (χ1) is 5.57. The average Bonchev–Trinajstić information content (AvgIpc) is 2.05. The van der Waals surface area contributed by atoms with Crippen molar-refractivity contribution >= 4 is 0 Å². The Kier molecular flexibility index (Phi) is 2.71. The van der Waals surface area contributed by atoms with Crippen LogP contribution >= 0.6 is 0 Å². The van der Waals surface area contributed by atoms with Crippen molar-refractivity contribution in [2.24, 2.45) is 5.73 Å². The first-order valence-corrected chi connectivity index (χ1v) is 4.51. The van der Waals surface area contributed by atoms with Gasteiger partial charge in [0.05, 0.1) is 6.07 Å². The molecule has 0 aromatic carbocycles. The van der Waals surface area contributed by atoms with Gasteiger partial charge in [-0.2, -0.15) is 5.26 Å². The molecule has 0 radical (unpaired) electrons. The lowest BCUT2D eigenvalue weighted by Gasteiger charge is -2.38. The van der Waals surface area contributed by atoms with Crippen LogP contribution in [0.4, 0.5) is 0 Å². The summed E-state index contributed by atoms with van der Waals surface area (Å²) in [6.07, 6.45) is 1.88. The number of nitrogens with zero attached hydrogens (tertiary/aromatic N) is 2. The summed E-state index contributed by atoms with van der Waals surface area (Å²) < 4.78 is 0. The predicted octanol–water partition coefficient (Wildman–Crippen LogP) is 0.712. The second-order valence-electron chi connectivity index (χ2n) is 3.94. The van der Waals surface area contributed by atoms with Crippen LogP contribution < -0.4 is 5.73 Å². The molecule has 12 heavy (non-hydrogen) atoms. The highest BCUT2D eigenvalue weighted by Crippen LogP contribution is 2.19. The van der Waals surface area contributed by atoms with Crippen LogP contribution in [0.2, 0.25) is 0 Å². The van der Waals surface area contributed by atoms with E-state index >= 15 is 0 Å². The van der Waals surface area contributed by atoms with Crippen molar-refractivity contribution in [2.75, 3.05) is 13.1 Å². The van der Waals surface area contributed by atoms with Crippen LogP contribution in [0.3, 0.4) is 0 Å². The summed E-state index contributed by atoms with van der Waals surface area (Å²) in [6.45, 7) is 6.09. The van der Waals surface area contributed by atoms with Crippen molar-refractivity contribution in [1.29, 1.82) is 5.26 Å². The summed E-state index contributed by atoms with van der Waals surface area (Å²) in [5, 5.41) is 8.85. The quantitative estimate of drug-likeness (QED) is 0.626. The SMILES string of the molecule is CC(C)N1CCCC(N)(C#N)C1. The molecule has 0 aromatic heterocycles. The number of nitrogens with two attached hydrogens (primary N) is 1. The molecule has 1 rings (SSSR count). The van der Waals surface area contributed by atoms with E-state index in [1.165, 1.54) is 0 Å². The Hall–Kier alpha value is -0.590. The van der Waals surface area contributed by atoms with Gasteiger partial charge in [-0.25, -0.2) is 0 Å². The largest absolute Gasteiger partial charge is 0.312 e. The molecule has 0 aliphatic carbocycles. The summed E-state index contributed by atoms with van der Waals surface area (Å²) in [6, 6.07) is 2.70. The summed E-state index contributed by atoms with van der Waals surface area (Å²) in [5.74, 6) is 0. The van der Waals surface area contributed by atoms with Gasteiger partial charge >= 0.3 is 0 Å². The Morgan fingerprint density at radius 2 is 2.25 bits per heavy atom. The molecule has 3 nitrogen and oxygen atoms in total. The number of likely N-dealkylation sites (tertiary alicyclic amines) is 1. The highest BCUT2D eigenvalue weighted by Gasteiger charge is 2.32. The molecule has 68 valence electrons. The Morgan fingerprint density at radius 3 is 2.75 bits per heavy atom. The van der Waals surface area contributed by atoms with Gasteiger partial charge in [0.25, 0.3) is 0 Å². The van der Waals surface area contributed by atoms with E-state index in [0.29, 0.717) is 6.04 Å². The maximum atomic E-state index is 8.85. The van der Waals surface area contributed by atoms with E-state index < -0.39 is 5.54 Å².